The van der Waals surface area contributed by atoms with E-state index in [2.05, 4.69) is 133 Å². The highest BCUT2D eigenvalue weighted by Gasteiger charge is 2.33. The highest BCUT2D eigenvalue weighted by Crippen LogP contribution is 2.40. The lowest BCUT2D eigenvalue weighted by molar-refractivity contribution is -0.633. The van der Waals surface area contributed by atoms with Crippen molar-refractivity contribution < 1.29 is 12.8 Å². The Morgan fingerprint density at radius 2 is 1.12 bits per heavy atom. The van der Waals surface area contributed by atoms with Crippen LogP contribution in [0.4, 0.5) is 0 Å². The summed E-state index contributed by atoms with van der Waals surface area (Å²) in [7, 11) is -0.227. The van der Waals surface area contributed by atoms with Gasteiger partial charge in [0.1, 0.15) is 13.8 Å². The van der Waals surface area contributed by atoms with Crippen molar-refractivity contribution in [1.29, 1.82) is 0 Å². The number of imidazole rings is 1. The van der Waals surface area contributed by atoms with Gasteiger partial charge < -0.3 is 0 Å². The quantitative estimate of drug-likeness (QED) is 0.0931. The normalized spacial score (nSPS) is 14.2. The fourth-order valence-corrected chi connectivity index (χ4v) is 12.2. The third-order valence-corrected chi connectivity index (χ3v) is 15.5. The molecule has 0 N–H and O–H groups in total. The number of rotatable bonds is 6. The lowest BCUT2D eigenvalue weighted by atomic mass is 9.90. The van der Waals surface area contributed by atoms with Crippen molar-refractivity contribution in [3.63, 3.8) is 0 Å². The first kappa shape index (κ1) is 26.1. The zero-order valence-electron chi connectivity index (χ0n) is 35.6. The van der Waals surface area contributed by atoms with Crippen molar-refractivity contribution in [2.75, 3.05) is 0 Å². The van der Waals surface area contributed by atoms with Gasteiger partial charge in [-0.15, -0.1) is 0 Å². The first-order valence-corrected chi connectivity index (χ1v) is 20.6. The minimum atomic E-state index is -2.57. The topological polar surface area (TPSA) is 8.81 Å². The summed E-state index contributed by atoms with van der Waals surface area (Å²) in [6.07, 6.45) is 0. The summed E-state index contributed by atoms with van der Waals surface area (Å²) in [6.45, 7) is -0.583. The van der Waals surface area contributed by atoms with E-state index in [1.807, 2.05) is 35.9 Å². The van der Waals surface area contributed by atoms with E-state index in [4.69, 9.17) is 8.22 Å². The second kappa shape index (κ2) is 12.5. The van der Waals surface area contributed by atoms with Gasteiger partial charge in [0.2, 0.25) is 0 Å². The number of para-hydroxylation sites is 3. The van der Waals surface area contributed by atoms with E-state index in [-0.39, 0.29) is 16.8 Å². The standard InChI is InChI=1S/C49H43N2Si/c1-33-17-16-18-34(2)48(33)51-47-26-15-14-25-46(47)50(4)49(51)42-31-45-41-28-27-36(30-44(41)40-24-13-12-23-39(40)43(45)29-35(42)3)32-52(5,37-19-8-6-9-20-37)38-21-10-7-11-22-38/h6-31H,32H2,1-5H3/q+1/i1D3,2D3. The summed E-state index contributed by atoms with van der Waals surface area (Å²) in [5.41, 5.74) is 4.89. The molecule has 0 radical (unpaired) electrons. The molecule has 0 aliphatic carbocycles. The number of hydrogen-bond acceptors (Lipinski definition) is 0. The number of aryl methyl sites for hydroxylation is 4. The summed E-state index contributed by atoms with van der Waals surface area (Å²) in [5.74, 6) is 0.702. The SMILES string of the molecule is [2H]C([2H])([2H])c1cccc(C([2H])([2H])[2H])c1-n1c(-c2cc3c4ccc(C[Si](C)(c5ccccc5)c5ccccc5)cc4c4ccccc4c3cc2C)[n+](C)c2ccccc21. The average Bonchev–Trinajstić information content (AvgIpc) is 3.51. The molecule has 0 spiro atoms. The van der Waals surface area contributed by atoms with E-state index in [1.165, 1.54) is 44.9 Å². The van der Waals surface area contributed by atoms with Crippen molar-refractivity contribution in [1.82, 2.24) is 4.57 Å². The van der Waals surface area contributed by atoms with E-state index in [1.54, 1.807) is 0 Å². The highest BCUT2D eigenvalue weighted by molar-refractivity contribution is 7.00. The third kappa shape index (κ3) is 5.03. The van der Waals surface area contributed by atoms with Crippen LogP contribution in [0.25, 0.3) is 60.4 Å². The van der Waals surface area contributed by atoms with Gasteiger partial charge in [0.15, 0.2) is 11.0 Å². The van der Waals surface area contributed by atoms with Gasteiger partial charge in [0.25, 0.3) is 5.82 Å². The lowest BCUT2D eigenvalue weighted by Gasteiger charge is -2.29. The second-order valence-corrected chi connectivity index (χ2v) is 18.5. The molecule has 0 aliphatic heterocycles. The number of fused-ring (bicyclic) bond motifs is 7. The minimum absolute atomic E-state index is 0.00676. The predicted octanol–water partition coefficient (Wildman–Crippen LogP) is 10.5. The van der Waals surface area contributed by atoms with Gasteiger partial charge in [-0.3, -0.25) is 0 Å². The molecule has 0 atom stereocenters. The largest absolute Gasteiger partial charge is 0.295 e. The van der Waals surface area contributed by atoms with Gasteiger partial charge in [0, 0.05) is 8.22 Å². The van der Waals surface area contributed by atoms with Gasteiger partial charge in [-0.2, -0.15) is 4.57 Å². The van der Waals surface area contributed by atoms with E-state index in [9.17, 15) is 0 Å². The van der Waals surface area contributed by atoms with E-state index in [0.29, 0.717) is 5.82 Å². The molecular weight excluding hydrogens is 645 g/mol. The fourth-order valence-electron chi connectivity index (χ4n) is 8.52. The fraction of sp³-hybridized carbons (Fsp3) is 0.122. The highest BCUT2D eigenvalue weighted by atomic mass is 28.3. The molecule has 0 saturated carbocycles. The zero-order valence-corrected chi connectivity index (χ0v) is 30.6. The van der Waals surface area contributed by atoms with Gasteiger partial charge >= 0.3 is 0 Å². The van der Waals surface area contributed by atoms with Gasteiger partial charge in [0.05, 0.1) is 12.6 Å². The maximum absolute atomic E-state index is 8.57. The van der Waals surface area contributed by atoms with E-state index in [0.717, 1.165) is 49.7 Å². The molecule has 0 unspecified atom stereocenters. The molecule has 9 aromatic rings. The van der Waals surface area contributed by atoms with Crippen LogP contribution in [0.3, 0.4) is 0 Å². The van der Waals surface area contributed by atoms with E-state index < -0.39 is 21.8 Å². The average molecular weight is 694 g/mol. The number of benzene rings is 8. The van der Waals surface area contributed by atoms with Gasteiger partial charge in [-0.25, -0.2) is 4.57 Å². The number of hydrogen-bond donors (Lipinski definition) is 0. The number of nitrogens with zero attached hydrogens (tertiary/aromatic N) is 2. The molecule has 52 heavy (non-hydrogen) atoms. The second-order valence-electron chi connectivity index (χ2n) is 14.3. The third-order valence-electron chi connectivity index (χ3n) is 11.1. The maximum atomic E-state index is 8.57. The van der Waals surface area contributed by atoms with Crippen LogP contribution in [-0.4, -0.2) is 12.6 Å². The first-order chi connectivity index (χ1) is 27.8. The molecule has 1 aromatic heterocycles. The predicted molar refractivity (Wildman–Crippen MR) is 224 cm³/mol. The summed E-state index contributed by atoms with van der Waals surface area (Å²) < 4.78 is 55.4. The Morgan fingerprint density at radius 3 is 1.77 bits per heavy atom. The molecule has 0 saturated heterocycles. The van der Waals surface area contributed by atoms with Crippen molar-refractivity contribution in [2.24, 2.45) is 7.05 Å². The molecule has 0 aliphatic rings. The summed E-state index contributed by atoms with van der Waals surface area (Å²) >= 11 is 0. The van der Waals surface area contributed by atoms with Crippen LogP contribution in [0.1, 0.15) is 30.5 Å². The smallest absolute Gasteiger partial charge is 0.225 e. The van der Waals surface area contributed by atoms with Crippen LogP contribution in [-0.2, 0) is 13.1 Å². The molecule has 0 bridgehead atoms. The molecule has 1 heterocycles. The molecule has 0 fully saturated rings. The molecule has 3 heteroatoms. The summed E-state index contributed by atoms with van der Waals surface area (Å²) in [4.78, 5) is 0. The molecule has 2 nitrogen and oxygen atoms in total. The Bertz CT molecular complexity index is 2970. The molecular formula is C49H43N2Si+. The molecule has 0 amide bonds. The van der Waals surface area contributed by atoms with Crippen molar-refractivity contribution in [3.05, 3.63) is 180 Å². The van der Waals surface area contributed by atoms with Crippen LogP contribution >= 0.6 is 0 Å². The van der Waals surface area contributed by atoms with Crippen LogP contribution < -0.4 is 14.9 Å². The van der Waals surface area contributed by atoms with Crippen molar-refractivity contribution >= 4 is 61.8 Å². The molecule has 9 rings (SSSR count). The molecule has 8 aromatic carbocycles. The Kier molecular flexibility index (Phi) is 6.25. The van der Waals surface area contributed by atoms with E-state index >= 15 is 0 Å². The first-order valence-electron chi connectivity index (χ1n) is 20.9. The molecule has 252 valence electrons. The van der Waals surface area contributed by atoms with Gasteiger partial charge in [-0.05, 0) is 106 Å². The van der Waals surface area contributed by atoms with Crippen LogP contribution in [0.5, 0.6) is 0 Å². The summed E-state index contributed by atoms with van der Waals surface area (Å²) in [6, 6.07) is 55.2. The maximum Gasteiger partial charge on any atom is 0.295 e. The van der Waals surface area contributed by atoms with Crippen LogP contribution in [0, 0.1) is 20.6 Å². The van der Waals surface area contributed by atoms with Crippen molar-refractivity contribution in [2.45, 2.75) is 33.2 Å². The lowest BCUT2D eigenvalue weighted by Crippen LogP contribution is -2.57. The zero-order chi connectivity index (χ0) is 40.6. The minimum Gasteiger partial charge on any atom is -0.225 e. The Morgan fingerprint density at radius 1 is 0.558 bits per heavy atom. The Balaban J connectivity index is 1.32. The van der Waals surface area contributed by atoms with Gasteiger partial charge in [-0.1, -0.05) is 150 Å². The van der Waals surface area contributed by atoms with Crippen LogP contribution in [0.2, 0.25) is 6.55 Å². The van der Waals surface area contributed by atoms with Crippen LogP contribution in [0.15, 0.2) is 158 Å². The number of aromatic nitrogens is 2. The summed E-state index contributed by atoms with van der Waals surface area (Å²) in [5, 5.41) is 9.64. The van der Waals surface area contributed by atoms with Crippen molar-refractivity contribution in [3.8, 4) is 17.1 Å². The monoisotopic (exact) mass is 693 g/mol. The Hall–Kier alpha value is -5.77. The Labute approximate surface area is 315 Å².